The van der Waals surface area contributed by atoms with Crippen molar-refractivity contribution in [3.05, 3.63) is 60.2 Å². The van der Waals surface area contributed by atoms with Crippen LogP contribution in [0, 0.1) is 0 Å². The van der Waals surface area contributed by atoms with Crippen LogP contribution in [-0.2, 0) is 10.0 Å². The molecule has 9 heteroatoms. The molecule has 0 aliphatic carbocycles. The predicted molar refractivity (Wildman–Crippen MR) is 130 cm³/mol. The highest BCUT2D eigenvalue weighted by atomic mass is 32.2. The smallest absolute Gasteiger partial charge is 0.240 e. The van der Waals surface area contributed by atoms with E-state index in [4.69, 9.17) is 15.6 Å². The first-order chi connectivity index (χ1) is 14.9. The summed E-state index contributed by atoms with van der Waals surface area (Å²) >= 11 is 0. The van der Waals surface area contributed by atoms with Gasteiger partial charge < -0.3 is 10.2 Å². The number of nitrogens with one attached hydrogen (secondary N) is 2. The van der Waals surface area contributed by atoms with Crippen molar-refractivity contribution in [1.82, 2.24) is 14.9 Å². The van der Waals surface area contributed by atoms with E-state index in [-0.39, 0.29) is 17.9 Å². The Hall–Kier alpha value is -1.54. The Kier molecular flexibility index (Phi) is 8.84. The molecule has 1 aliphatic rings. The number of benzene rings is 2. The number of hydrogen-bond acceptors (Lipinski definition) is 4. The van der Waals surface area contributed by atoms with Crippen LogP contribution >= 0.6 is 0 Å². The van der Waals surface area contributed by atoms with Crippen molar-refractivity contribution in [1.29, 1.82) is 0 Å². The second-order valence-corrected chi connectivity index (χ2v) is 9.72. The molecular weight excluding hydrogens is 403 g/mol. The third-order valence-corrected chi connectivity index (χ3v) is 7.44. The highest BCUT2D eigenvalue weighted by molar-refractivity contribution is 7.89. The van der Waals surface area contributed by atoms with E-state index in [9.17, 15) is 8.42 Å². The Balaban J connectivity index is 1.47. The Bertz CT molecular complexity index is 931. The molecule has 1 aliphatic heterocycles. The van der Waals surface area contributed by atoms with Crippen LogP contribution in [0.5, 0.6) is 0 Å². The molecule has 5 nitrogen and oxygen atoms in total. The van der Waals surface area contributed by atoms with Gasteiger partial charge in [0.15, 0.2) is 0 Å². The lowest BCUT2D eigenvalue weighted by Crippen LogP contribution is -2.42. The van der Waals surface area contributed by atoms with Crippen molar-refractivity contribution >= 4 is 38.2 Å². The van der Waals surface area contributed by atoms with E-state index in [2.05, 4.69) is 27.9 Å². The zero-order valence-corrected chi connectivity index (χ0v) is 18.9. The van der Waals surface area contributed by atoms with Crippen LogP contribution < -0.4 is 15.5 Å². The molecule has 1 saturated heterocycles. The topological polar surface area (TPSA) is 61.4 Å². The van der Waals surface area contributed by atoms with Gasteiger partial charge in [-0.25, -0.2) is 13.1 Å². The van der Waals surface area contributed by atoms with Gasteiger partial charge in [-0.1, -0.05) is 60.4 Å². The van der Waals surface area contributed by atoms with E-state index >= 15 is 0 Å². The van der Waals surface area contributed by atoms with Crippen molar-refractivity contribution in [3.8, 4) is 0 Å². The molecule has 2 N–H and O–H groups in total. The van der Waals surface area contributed by atoms with Gasteiger partial charge in [0.1, 0.15) is 0 Å². The largest absolute Gasteiger partial charge is 0.321 e. The van der Waals surface area contributed by atoms with Crippen molar-refractivity contribution in [2.75, 3.05) is 26.2 Å². The van der Waals surface area contributed by atoms with Crippen molar-refractivity contribution in [2.24, 2.45) is 0 Å². The van der Waals surface area contributed by atoms with Crippen LogP contribution in [-0.4, -0.2) is 74.2 Å². The third-order valence-electron chi connectivity index (χ3n) is 5.90. The van der Waals surface area contributed by atoms with E-state index in [0.29, 0.717) is 11.4 Å². The zero-order chi connectivity index (χ0) is 22.3. The molecule has 159 valence electrons. The minimum atomic E-state index is -3.48. The molecule has 0 saturated carbocycles. The summed E-state index contributed by atoms with van der Waals surface area (Å²) in [6.45, 7) is 5.25. The van der Waals surface area contributed by atoms with Crippen molar-refractivity contribution in [2.45, 2.75) is 42.6 Å². The number of hydrogen-bond donors (Lipinski definition) is 2. The monoisotopic (exact) mass is 432 g/mol. The first kappa shape index (κ1) is 24.1. The van der Waals surface area contributed by atoms with E-state index in [1.165, 1.54) is 0 Å². The van der Waals surface area contributed by atoms with Crippen LogP contribution in [0.3, 0.4) is 0 Å². The van der Waals surface area contributed by atoms with E-state index in [1.807, 2.05) is 24.3 Å². The van der Waals surface area contributed by atoms with Gasteiger partial charge in [0.2, 0.25) is 10.0 Å². The summed E-state index contributed by atoms with van der Waals surface area (Å²) in [5, 5.41) is 3.44. The van der Waals surface area contributed by atoms with Crippen molar-refractivity contribution < 1.29 is 8.42 Å². The van der Waals surface area contributed by atoms with Gasteiger partial charge in [-0.05, 0) is 43.4 Å². The Morgan fingerprint density at radius 3 is 2.58 bits per heavy atom. The van der Waals surface area contributed by atoms with Gasteiger partial charge in [-0.3, -0.25) is 0 Å². The molecule has 3 atom stereocenters. The van der Waals surface area contributed by atoms with Gasteiger partial charge in [0, 0.05) is 33.4 Å². The predicted octanol–water partition coefficient (Wildman–Crippen LogP) is 0.730. The van der Waals surface area contributed by atoms with Gasteiger partial charge in [0.25, 0.3) is 0 Å². The minimum absolute atomic E-state index is 0.0748. The summed E-state index contributed by atoms with van der Waals surface area (Å²) in [6.07, 6.45) is 1.71. The molecule has 3 rings (SSSR count). The van der Waals surface area contributed by atoms with Crippen LogP contribution in [0.2, 0.25) is 0 Å². The standard InChI is InChI=1S/C22H29B3N3O2S/c1-2-19(20-10-6-7-11-21(20)25-24)22(23)26-13-15-28-14-12-17(16-28)27-31(29,30)18-8-4-3-5-9-18/h3-11,17,19,22,26-27H,2,12-16H2,1H3. The molecule has 2 aromatic rings. The van der Waals surface area contributed by atoms with E-state index in [0.717, 1.165) is 43.5 Å². The van der Waals surface area contributed by atoms with Gasteiger partial charge in [-0.15, -0.1) is 0 Å². The maximum atomic E-state index is 12.5. The van der Waals surface area contributed by atoms with Gasteiger partial charge in [-0.2, -0.15) is 0 Å². The Morgan fingerprint density at radius 2 is 1.87 bits per heavy atom. The molecule has 5 radical (unpaired) electrons. The maximum Gasteiger partial charge on any atom is 0.240 e. The third kappa shape index (κ3) is 6.48. The molecule has 0 aromatic heterocycles. The zero-order valence-electron chi connectivity index (χ0n) is 18.1. The minimum Gasteiger partial charge on any atom is -0.321 e. The average Bonchev–Trinajstić information content (AvgIpc) is 3.21. The molecule has 3 unspecified atom stereocenters. The second-order valence-electron chi connectivity index (χ2n) is 8.01. The second kappa shape index (κ2) is 11.4. The van der Waals surface area contributed by atoms with Crippen LogP contribution in [0.1, 0.15) is 31.2 Å². The number of nitrogens with zero attached hydrogens (tertiary/aromatic N) is 1. The lowest BCUT2D eigenvalue weighted by Gasteiger charge is -2.28. The normalized spacial score (nSPS) is 19.2. The SMILES string of the molecule is [B][B]c1ccccc1C(CC)C([B])NCCN1CCC(NS(=O)(=O)c2ccccc2)C1. The molecule has 0 spiro atoms. The summed E-state index contributed by atoms with van der Waals surface area (Å²) < 4.78 is 27.9. The van der Waals surface area contributed by atoms with Gasteiger partial charge in [0.05, 0.1) is 19.9 Å². The molecule has 2 aromatic carbocycles. The molecule has 1 fully saturated rings. The summed E-state index contributed by atoms with van der Waals surface area (Å²) in [7, 11) is 10.4. The highest BCUT2D eigenvalue weighted by Crippen LogP contribution is 2.20. The summed E-state index contributed by atoms with van der Waals surface area (Å²) in [6, 6.07) is 16.5. The lowest BCUT2D eigenvalue weighted by molar-refractivity contribution is 0.324. The van der Waals surface area contributed by atoms with E-state index < -0.39 is 10.0 Å². The number of sulfonamides is 1. The van der Waals surface area contributed by atoms with Crippen molar-refractivity contribution in [3.63, 3.8) is 0 Å². The first-order valence-corrected chi connectivity index (χ1v) is 12.4. The van der Waals surface area contributed by atoms with Crippen LogP contribution in [0.25, 0.3) is 0 Å². The maximum absolute atomic E-state index is 12.5. The number of rotatable bonds is 11. The summed E-state index contributed by atoms with van der Waals surface area (Å²) in [4.78, 5) is 2.57. The average molecular weight is 432 g/mol. The fraction of sp³-hybridized carbons (Fsp3) is 0.455. The molecular formula is C22H29B3N3O2S. The van der Waals surface area contributed by atoms with Crippen LogP contribution in [0.4, 0.5) is 0 Å². The fourth-order valence-electron chi connectivity index (χ4n) is 4.22. The first-order valence-electron chi connectivity index (χ1n) is 10.9. The molecule has 31 heavy (non-hydrogen) atoms. The number of likely N-dealkylation sites (tertiary alicyclic amines) is 1. The summed E-state index contributed by atoms with van der Waals surface area (Å²) in [5.74, 6) is -0.0129. The Labute approximate surface area is 190 Å². The highest BCUT2D eigenvalue weighted by Gasteiger charge is 2.27. The van der Waals surface area contributed by atoms with Gasteiger partial charge >= 0.3 is 0 Å². The summed E-state index contributed by atoms with van der Waals surface area (Å²) in [5.41, 5.74) is 2.17. The Morgan fingerprint density at radius 1 is 1.16 bits per heavy atom. The molecule has 1 heterocycles. The van der Waals surface area contributed by atoms with E-state index in [1.54, 1.807) is 31.4 Å². The molecule has 0 bridgehead atoms. The van der Waals surface area contributed by atoms with Crippen LogP contribution in [0.15, 0.2) is 59.5 Å². The fourth-order valence-corrected chi connectivity index (χ4v) is 5.50. The molecule has 0 amide bonds. The quantitative estimate of drug-likeness (QED) is 0.515. The lowest BCUT2D eigenvalue weighted by atomic mass is 9.49.